The number of benzene rings is 2. The zero-order valence-corrected chi connectivity index (χ0v) is 23.6. The first kappa shape index (κ1) is 29.4. The number of nitrogens with zero attached hydrogens (tertiary/aromatic N) is 2. The Balaban J connectivity index is 0.000000212. The lowest BCUT2D eigenvalue weighted by Crippen LogP contribution is -2.44. The predicted molar refractivity (Wildman–Crippen MR) is 149 cm³/mol. The van der Waals surface area contributed by atoms with Crippen LogP contribution in [0.3, 0.4) is 0 Å². The van der Waals surface area contributed by atoms with Crippen molar-refractivity contribution in [1.82, 2.24) is 9.80 Å². The zero-order valence-electron chi connectivity index (χ0n) is 23.6. The van der Waals surface area contributed by atoms with E-state index in [1.807, 2.05) is 92.9 Å². The van der Waals surface area contributed by atoms with Crippen LogP contribution in [0.1, 0.15) is 77.6 Å². The van der Waals surface area contributed by atoms with Crippen LogP contribution in [0.5, 0.6) is 0 Å². The van der Waals surface area contributed by atoms with E-state index in [-0.39, 0.29) is 35.7 Å². The topological polar surface area (TPSA) is 92.9 Å². The third kappa shape index (κ3) is 5.93. The van der Waals surface area contributed by atoms with Gasteiger partial charge in [-0.25, -0.2) is 0 Å². The Kier molecular flexibility index (Phi) is 9.36. The maximum absolute atomic E-state index is 12.6. The van der Waals surface area contributed by atoms with Crippen LogP contribution >= 0.6 is 0 Å². The number of hydrogen-bond donors (Lipinski definition) is 1. The number of hydrogen-bond acceptors (Lipinski definition) is 5. The minimum atomic E-state index is -0.726. The Bertz CT molecular complexity index is 1090. The molecule has 0 radical (unpaired) electrons. The monoisotopic (exact) mass is 521 g/mol. The molecule has 2 fully saturated rings. The molecule has 0 aliphatic carbocycles. The number of ether oxygens (including phenoxy) is 1. The summed E-state index contributed by atoms with van der Waals surface area (Å²) >= 11 is 0. The molecule has 2 aliphatic heterocycles. The second-order valence-corrected chi connectivity index (χ2v) is 11.1. The maximum Gasteiger partial charge on any atom is 0.293 e. The maximum atomic E-state index is 12.6. The largest absolute Gasteiger partial charge is 0.459 e. The number of carbonyl (C=O) groups excluding carboxylic acids is 3. The molecule has 2 aromatic carbocycles. The SMILES string of the molecule is CCC1C(=O)N([C@H](C)c2ccccc2)CC1(C)N.CCC1C(=O)N([C@H](C)c2ccccc2)CC1(C)OC=O. The first-order valence-electron chi connectivity index (χ1n) is 13.6. The van der Waals surface area contributed by atoms with Crippen LogP contribution in [0.2, 0.25) is 0 Å². The van der Waals surface area contributed by atoms with E-state index in [9.17, 15) is 14.4 Å². The van der Waals surface area contributed by atoms with Gasteiger partial charge in [0.25, 0.3) is 6.47 Å². The average Bonchev–Trinajstić information content (AvgIpc) is 3.31. The second kappa shape index (κ2) is 12.1. The van der Waals surface area contributed by atoms with Crippen molar-refractivity contribution in [3.05, 3.63) is 71.8 Å². The number of rotatable bonds is 8. The van der Waals surface area contributed by atoms with Gasteiger partial charge in [0, 0.05) is 12.1 Å². The summed E-state index contributed by atoms with van der Waals surface area (Å²) in [6.45, 7) is 13.4. The van der Waals surface area contributed by atoms with Crippen LogP contribution in [0, 0.1) is 11.8 Å². The van der Waals surface area contributed by atoms with Gasteiger partial charge in [0.1, 0.15) is 5.60 Å². The minimum Gasteiger partial charge on any atom is -0.459 e. The number of likely N-dealkylation sites (tertiary alicyclic amines) is 2. The van der Waals surface area contributed by atoms with Crippen molar-refractivity contribution in [2.75, 3.05) is 13.1 Å². The fourth-order valence-corrected chi connectivity index (χ4v) is 5.98. The van der Waals surface area contributed by atoms with Gasteiger partial charge in [-0.2, -0.15) is 0 Å². The van der Waals surface area contributed by atoms with E-state index < -0.39 is 11.1 Å². The molecular formula is C31H43N3O4. The van der Waals surface area contributed by atoms with Crippen LogP contribution in [0.4, 0.5) is 0 Å². The Morgan fingerprint density at radius 3 is 1.66 bits per heavy atom. The smallest absolute Gasteiger partial charge is 0.293 e. The van der Waals surface area contributed by atoms with E-state index in [4.69, 9.17) is 10.5 Å². The molecule has 4 unspecified atom stereocenters. The summed E-state index contributed by atoms with van der Waals surface area (Å²) < 4.78 is 5.24. The van der Waals surface area contributed by atoms with E-state index >= 15 is 0 Å². The van der Waals surface area contributed by atoms with Crippen molar-refractivity contribution in [2.45, 2.75) is 77.6 Å². The van der Waals surface area contributed by atoms with E-state index in [1.165, 1.54) is 5.56 Å². The molecule has 7 nitrogen and oxygen atoms in total. The van der Waals surface area contributed by atoms with E-state index in [0.717, 1.165) is 12.0 Å². The van der Waals surface area contributed by atoms with Gasteiger partial charge in [-0.1, -0.05) is 74.5 Å². The lowest BCUT2D eigenvalue weighted by atomic mass is 9.88. The first-order chi connectivity index (χ1) is 18.0. The molecule has 206 valence electrons. The van der Waals surface area contributed by atoms with Gasteiger partial charge in [0.15, 0.2) is 0 Å². The molecule has 0 bridgehead atoms. The number of nitrogens with two attached hydrogens (primary N) is 1. The summed E-state index contributed by atoms with van der Waals surface area (Å²) in [7, 11) is 0. The highest BCUT2D eigenvalue weighted by molar-refractivity contribution is 5.84. The Morgan fingerprint density at radius 1 is 0.842 bits per heavy atom. The Labute approximate surface area is 227 Å². The highest BCUT2D eigenvalue weighted by atomic mass is 16.5. The highest BCUT2D eigenvalue weighted by Crippen LogP contribution is 2.38. The van der Waals surface area contributed by atoms with Crippen LogP contribution in [0.25, 0.3) is 0 Å². The molecule has 0 aromatic heterocycles. The molecule has 2 amide bonds. The molecule has 6 atom stereocenters. The van der Waals surface area contributed by atoms with Gasteiger partial charge in [0.05, 0.1) is 30.5 Å². The lowest BCUT2D eigenvalue weighted by molar-refractivity contribution is -0.146. The Morgan fingerprint density at radius 2 is 1.26 bits per heavy atom. The second-order valence-electron chi connectivity index (χ2n) is 11.1. The molecule has 2 N–H and O–H groups in total. The molecular weight excluding hydrogens is 478 g/mol. The summed E-state index contributed by atoms with van der Waals surface area (Å²) in [5, 5.41) is 0. The van der Waals surface area contributed by atoms with E-state index in [1.54, 1.807) is 0 Å². The highest BCUT2D eigenvalue weighted by Gasteiger charge is 2.51. The lowest BCUT2D eigenvalue weighted by Gasteiger charge is -2.28. The third-order valence-electron chi connectivity index (χ3n) is 8.32. The predicted octanol–water partition coefficient (Wildman–Crippen LogP) is 4.88. The van der Waals surface area contributed by atoms with Crippen LogP contribution < -0.4 is 5.73 Å². The molecule has 2 aromatic rings. The van der Waals surface area contributed by atoms with E-state index in [2.05, 4.69) is 19.1 Å². The number of carbonyl (C=O) groups is 3. The summed E-state index contributed by atoms with van der Waals surface area (Å²) in [5.74, 6) is -0.0606. The van der Waals surface area contributed by atoms with Gasteiger partial charge in [-0.05, 0) is 51.7 Å². The fourth-order valence-electron chi connectivity index (χ4n) is 5.98. The molecule has 38 heavy (non-hydrogen) atoms. The molecule has 4 rings (SSSR count). The molecule has 7 heteroatoms. The Hall–Kier alpha value is -3.19. The molecule has 2 aliphatic rings. The third-order valence-corrected chi connectivity index (χ3v) is 8.32. The van der Waals surface area contributed by atoms with Crippen molar-refractivity contribution in [1.29, 1.82) is 0 Å². The molecule has 2 heterocycles. The van der Waals surface area contributed by atoms with Gasteiger partial charge in [0.2, 0.25) is 11.8 Å². The van der Waals surface area contributed by atoms with Gasteiger partial charge in [-0.15, -0.1) is 0 Å². The summed E-state index contributed by atoms with van der Waals surface area (Å²) in [5.41, 5.74) is 7.39. The van der Waals surface area contributed by atoms with Crippen molar-refractivity contribution in [2.24, 2.45) is 17.6 Å². The van der Waals surface area contributed by atoms with Crippen molar-refractivity contribution in [3.8, 4) is 0 Å². The molecule has 0 spiro atoms. The van der Waals surface area contributed by atoms with Crippen molar-refractivity contribution < 1.29 is 19.1 Å². The summed E-state index contributed by atoms with van der Waals surface area (Å²) in [6.07, 6.45) is 1.48. The first-order valence-corrected chi connectivity index (χ1v) is 13.6. The van der Waals surface area contributed by atoms with Crippen LogP contribution in [-0.4, -0.2) is 52.3 Å². The normalized spacial score (nSPS) is 28.5. The quantitative estimate of drug-likeness (QED) is 0.500. The van der Waals surface area contributed by atoms with Gasteiger partial charge in [-0.3, -0.25) is 14.4 Å². The number of amides is 2. The van der Waals surface area contributed by atoms with Crippen molar-refractivity contribution in [3.63, 3.8) is 0 Å². The van der Waals surface area contributed by atoms with Gasteiger partial charge >= 0.3 is 0 Å². The minimum absolute atomic E-state index is 0.0187. The van der Waals surface area contributed by atoms with Crippen LogP contribution in [0.15, 0.2) is 60.7 Å². The van der Waals surface area contributed by atoms with E-state index in [0.29, 0.717) is 26.0 Å². The summed E-state index contributed by atoms with van der Waals surface area (Å²) in [6, 6.07) is 20.1. The average molecular weight is 522 g/mol. The van der Waals surface area contributed by atoms with Crippen LogP contribution in [-0.2, 0) is 19.1 Å². The van der Waals surface area contributed by atoms with Gasteiger partial charge < -0.3 is 20.3 Å². The molecule has 0 saturated carbocycles. The zero-order chi connectivity index (χ0) is 28.1. The van der Waals surface area contributed by atoms with Crippen molar-refractivity contribution >= 4 is 18.3 Å². The summed E-state index contributed by atoms with van der Waals surface area (Å²) in [4.78, 5) is 39.4. The standard InChI is InChI=1S/C16H21NO3.C15H22N2O/c1-4-14-15(19)17(10-16(14,3)20-11-18)12(2)13-8-6-5-7-9-13;1-4-13-14(18)17(10-15(13,3)16)11(2)12-8-6-5-7-9-12/h5-9,11-12,14H,4,10H2,1-3H3;5-9,11,13H,4,10,16H2,1-3H3/t12-,14?,16?;11-,13?,15?/m11/s1. The molecule has 2 saturated heterocycles. The fraction of sp³-hybridized carbons (Fsp3) is 0.516.